The third-order valence-corrected chi connectivity index (χ3v) is 5.26. The Labute approximate surface area is 159 Å². The second-order valence-electron chi connectivity index (χ2n) is 4.37. The number of nitrogens with zero attached hydrogens (tertiary/aromatic N) is 2. The van der Waals surface area contributed by atoms with E-state index >= 15 is 0 Å². The zero-order valence-electron chi connectivity index (χ0n) is 11.5. The second-order valence-corrected chi connectivity index (χ2v) is 7.81. The lowest BCUT2D eigenvalue weighted by atomic mass is 10.2. The topological polar surface area (TPSA) is 46.5 Å². The van der Waals surface area contributed by atoms with Gasteiger partial charge in [0.1, 0.15) is 5.75 Å². The summed E-state index contributed by atoms with van der Waals surface area (Å²) in [6.45, 7) is 0. The molecule has 0 fully saturated rings. The van der Waals surface area contributed by atoms with Crippen LogP contribution in [0.25, 0.3) is 10.2 Å². The molecule has 0 spiro atoms. The molecule has 22 heavy (non-hydrogen) atoms. The van der Waals surface area contributed by atoms with Crippen molar-refractivity contribution in [3.8, 4) is 5.75 Å². The molecule has 4 nitrogen and oxygen atoms in total. The van der Waals surface area contributed by atoms with E-state index in [1.807, 2.05) is 30.3 Å². The van der Waals surface area contributed by atoms with Crippen molar-refractivity contribution >= 4 is 78.1 Å². The van der Waals surface area contributed by atoms with Crippen LogP contribution in [0, 0.1) is 7.14 Å². The van der Waals surface area contributed by atoms with Crippen LogP contribution in [-0.2, 0) is 0 Å². The minimum Gasteiger partial charge on any atom is -0.495 e. The summed E-state index contributed by atoms with van der Waals surface area (Å²) in [6.07, 6.45) is 1.76. The molecule has 112 valence electrons. The van der Waals surface area contributed by atoms with Crippen molar-refractivity contribution in [3.63, 3.8) is 0 Å². The van der Waals surface area contributed by atoms with Gasteiger partial charge in [-0.15, -0.1) is 0 Å². The zero-order valence-corrected chi connectivity index (χ0v) is 16.6. The van der Waals surface area contributed by atoms with Gasteiger partial charge in [0.05, 0.1) is 27.1 Å². The normalized spacial score (nSPS) is 11.2. The predicted molar refractivity (Wildman–Crippen MR) is 109 cm³/mol. The highest BCUT2D eigenvalue weighted by Gasteiger charge is 2.07. The van der Waals surface area contributed by atoms with E-state index in [9.17, 15) is 0 Å². The highest BCUT2D eigenvalue weighted by molar-refractivity contribution is 14.1. The van der Waals surface area contributed by atoms with Crippen molar-refractivity contribution in [2.75, 3.05) is 12.5 Å². The molecular weight excluding hydrogens is 524 g/mol. The smallest absolute Gasteiger partial charge is 0.204 e. The first-order chi connectivity index (χ1) is 10.7. The van der Waals surface area contributed by atoms with Crippen molar-refractivity contribution in [1.29, 1.82) is 0 Å². The Morgan fingerprint density at radius 1 is 1.27 bits per heavy atom. The molecule has 0 saturated carbocycles. The van der Waals surface area contributed by atoms with Gasteiger partial charge in [-0.25, -0.2) is 4.98 Å². The molecule has 7 heteroatoms. The maximum Gasteiger partial charge on any atom is 0.204 e. The number of fused-ring (bicyclic) bond motifs is 1. The van der Waals surface area contributed by atoms with Gasteiger partial charge >= 0.3 is 0 Å². The van der Waals surface area contributed by atoms with Gasteiger partial charge in [-0.05, 0) is 69.4 Å². The summed E-state index contributed by atoms with van der Waals surface area (Å²) in [4.78, 5) is 4.48. The number of benzene rings is 2. The van der Waals surface area contributed by atoms with Gasteiger partial charge in [0.25, 0.3) is 0 Å². The first-order valence-electron chi connectivity index (χ1n) is 6.35. The van der Waals surface area contributed by atoms with E-state index in [0.717, 1.165) is 33.8 Å². The quantitative estimate of drug-likeness (QED) is 0.292. The number of hydrogen-bond donors (Lipinski definition) is 1. The van der Waals surface area contributed by atoms with Gasteiger partial charge in [-0.3, -0.25) is 5.43 Å². The fourth-order valence-electron chi connectivity index (χ4n) is 1.97. The molecule has 1 heterocycles. The van der Waals surface area contributed by atoms with Gasteiger partial charge in [0.15, 0.2) is 0 Å². The molecule has 0 bridgehead atoms. The lowest BCUT2D eigenvalue weighted by Crippen LogP contribution is -1.97. The van der Waals surface area contributed by atoms with Crippen LogP contribution in [0.1, 0.15) is 5.56 Å². The molecule has 0 unspecified atom stereocenters. The molecule has 0 aliphatic carbocycles. The van der Waals surface area contributed by atoms with E-state index in [4.69, 9.17) is 4.74 Å². The first kappa shape index (κ1) is 15.9. The van der Waals surface area contributed by atoms with Crippen LogP contribution in [0.4, 0.5) is 5.13 Å². The van der Waals surface area contributed by atoms with E-state index in [1.165, 1.54) is 0 Å². The van der Waals surface area contributed by atoms with Crippen molar-refractivity contribution in [3.05, 3.63) is 49.1 Å². The molecule has 3 rings (SSSR count). The predicted octanol–water partition coefficient (Wildman–Crippen LogP) is 4.96. The number of nitrogens with one attached hydrogen (secondary N) is 1. The second kappa shape index (κ2) is 7.09. The maximum absolute atomic E-state index is 5.44. The fourth-order valence-corrected chi connectivity index (χ4v) is 4.89. The summed E-state index contributed by atoms with van der Waals surface area (Å²) < 4.78 is 8.79. The van der Waals surface area contributed by atoms with E-state index < -0.39 is 0 Å². The standard InChI is InChI=1S/C15H11I2N3OS/c1-21-14-9(6-10(16)7-11(14)17)8-18-20-15-19-12-4-2-3-5-13(12)22-15/h2-8H,1H3,(H,19,20)/b18-8-. The Hall–Kier alpha value is -0.940. The van der Waals surface area contributed by atoms with Crippen LogP contribution in [0.2, 0.25) is 0 Å². The summed E-state index contributed by atoms with van der Waals surface area (Å²) in [5.41, 5.74) is 4.90. The summed E-state index contributed by atoms with van der Waals surface area (Å²) in [5, 5.41) is 5.06. The van der Waals surface area contributed by atoms with E-state index in [0.29, 0.717) is 0 Å². The number of hydrazone groups is 1. The molecule has 1 aromatic heterocycles. The number of aromatic nitrogens is 1. The van der Waals surface area contributed by atoms with Crippen LogP contribution in [0.15, 0.2) is 41.5 Å². The molecule has 0 aliphatic heterocycles. The highest BCUT2D eigenvalue weighted by atomic mass is 127. The van der Waals surface area contributed by atoms with Gasteiger partial charge in [-0.2, -0.15) is 5.10 Å². The molecule has 0 amide bonds. The van der Waals surface area contributed by atoms with Crippen molar-refractivity contribution in [2.45, 2.75) is 0 Å². The Morgan fingerprint density at radius 2 is 2.09 bits per heavy atom. The number of methoxy groups -OCH3 is 1. The number of thiazole rings is 1. The van der Waals surface area contributed by atoms with Crippen molar-refractivity contribution in [1.82, 2.24) is 4.98 Å². The molecular formula is C15H11I2N3OS. The van der Waals surface area contributed by atoms with Crippen LogP contribution in [0.5, 0.6) is 5.75 Å². The third-order valence-electron chi connectivity index (χ3n) is 2.90. The Balaban J connectivity index is 1.82. The molecule has 0 radical (unpaired) electrons. The van der Waals surface area contributed by atoms with Crippen molar-refractivity contribution in [2.24, 2.45) is 5.10 Å². The number of anilines is 1. The first-order valence-corrected chi connectivity index (χ1v) is 9.32. The van der Waals surface area contributed by atoms with Crippen LogP contribution >= 0.6 is 56.5 Å². The van der Waals surface area contributed by atoms with Gasteiger partial charge in [-0.1, -0.05) is 23.5 Å². The summed E-state index contributed by atoms with van der Waals surface area (Å²) in [7, 11) is 1.67. The SMILES string of the molecule is COc1c(I)cc(I)cc1/C=N\Nc1nc2ccccc2s1. The van der Waals surface area contributed by atoms with E-state index in [2.05, 4.69) is 66.8 Å². The van der Waals surface area contributed by atoms with E-state index in [-0.39, 0.29) is 0 Å². The van der Waals surface area contributed by atoms with Gasteiger partial charge in [0, 0.05) is 9.13 Å². The van der Waals surface area contributed by atoms with E-state index in [1.54, 1.807) is 24.7 Å². The fraction of sp³-hybridized carbons (Fsp3) is 0.0667. The molecule has 0 saturated heterocycles. The number of ether oxygens (including phenoxy) is 1. The molecule has 0 aliphatic rings. The average molecular weight is 535 g/mol. The van der Waals surface area contributed by atoms with Crippen LogP contribution < -0.4 is 10.2 Å². The Kier molecular flexibility index (Phi) is 5.14. The highest BCUT2D eigenvalue weighted by Crippen LogP contribution is 2.28. The lowest BCUT2D eigenvalue weighted by Gasteiger charge is -2.07. The molecule has 3 aromatic rings. The third kappa shape index (κ3) is 3.51. The summed E-state index contributed by atoms with van der Waals surface area (Å²) in [5.74, 6) is 0.830. The maximum atomic E-state index is 5.44. The largest absolute Gasteiger partial charge is 0.495 e. The minimum absolute atomic E-state index is 0.775. The van der Waals surface area contributed by atoms with Gasteiger partial charge < -0.3 is 4.74 Å². The number of rotatable bonds is 4. The minimum atomic E-state index is 0.775. The van der Waals surface area contributed by atoms with Crippen LogP contribution in [0.3, 0.4) is 0 Å². The molecule has 0 atom stereocenters. The van der Waals surface area contributed by atoms with Crippen molar-refractivity contribution < 1.29 is 4.74 Å². The van der Waals surface area contributed by atoms with Crippen LogP contribution in [-0.4, -0.2) is 18.3 Å². The summed E-state index contributed by atoms with van der Waals surface area (Å²) in [6, 6.07) is 12.1. The Morgan fingerprint density at radius 3 is 2.86 bits per heavy atom. The zero-order chi connectivity index (χ0) is 15.5. The summed E-state index contributed by atoms with van der Waals surface area (Å²) >= 11 is 6.12. The monoisotopic (exact) mass is 535 g/mol. The number of hydrogen-bond acceptors (Lipinski definition) is 5. The van der Waals surface area contributed by atoms with Gasteiger partial charge in [0.2, 0.25) is 5.13 Å². The molecule has 1 N–H and O–H groups in total. The molecule has 2 aromatic carbocycles. The lowest BCUT2D eigenvalue weighted by molar-refractivity contribution is 0.411. The number of halogens is 2. The average Bonchev–Trinajstić information content (AvgIpc) is 2.89. The number of para-hydroxylation sites is 1. The Bertz CT molecular complexity index is 815.